The first-order valence-electron chi connectivity index (χ1n) is 5.07. The summed E-state index contributed by atoms with van der Waals surface area (Å²) in [5.41, 5.74) is 0.866. The molecular formula is C12H11NO3S. The maximum atomic E-state index is 11.2. The van der Waals surface area contributed by atoms with Crippen molar-refractivity contribution in [1.29, 1.82) is 0 Å². The van der Waals surface area contributed by atoms with Crippen LogP contribution in [-0.4, -0.2) is 21.2 Å². The SMILES string of the molecule is O=C(O)C(Cc1ccc(O)cc1)c1nccs1. The fraction of sp³-hybridized carbons (Fsp3) is 0.167. The molecule has 0 spiro atoms. The highest BCUT2D eigenvalue weighted by atomic mass is 32.1. The smallest absolute Gasteiger partial charge is 0.313 e. The van der Waals surface area contributed by atoms with Crippen molar-refractivity contribution in [3.63, 3.8) is 0 Å². The Balaban J connectivity index is 2.19. The molecule has 1 heterocycles. The van der Waals surface area contributed by atoms with Crippen LogP contribution >= 0.6 is 11.3 Å². The summed E-state index contributed by atoms with van der Waals surface area (Å²) in [5.74, 6) is -1.33. The molecular weight excluding hydrogens is 238 g/mol. The molecule has 88 valence electrons. The van der Waals surface area contributed by atoms with E-state index in [4.69, 9.17) is 5.11 Å². The number of phenolic OH excluding ortho intramolecular Hbond substituents is 1. The van der Waals surface area contributed by atoms with Crippen molar-refractivity contribution < 1.29 is 15.0 Å². The van der Waals surface area contributed by atoms with Gasteiger partial charge in [0.05, 0.1) is 0 Å². The maximum absolute atomic E-state index is 11.2. The molecule has 0 saturated carbocycles. The van der Waals surface area contributed by atoms with E-state index in [2.05, 4.69) is 4.98 Å². The van der Waals surface area contributed by atoms with E-state index >= 15 is 0 Å². The van der Waals surface area contributed by atoms with E-state index in [1.54, 1.807) is 35.8 Å². The van der Waals surface area contributed by atoms with Crippen LogP contribution in [0, 0.1) is 0 Å². The third-order valence-electron chi connectivity index (χ3n) is 2.42. The van der Waals surface area contributed by atoms with E-state index in [0.29, 0.717) is 11.4 Å². The Morgan fingerprint density at radius 3 is 2.59 bits per heavy atom. The fourth-order valence-electron chi connectivity index (χ4n) is 1.55. The molecule has 0 aliphatic rings. The lowest BCUT2D eigenvalue weighted by atomic mass is 10.00. The number of carbonyl (C=O) groups is 1. The average Bonchev–Trinajstić information content (AvgIpc) is 2.81. The molecule has 1 aromatic carbocycles. The number of rotatable bonds is 4. The number of hydrogen-bond donors (Lipinski definition) is 2. The Hall–Kier alpha value is -1.88. The Morgan fingerprint density at radius 2 is 2.06 bits per heavy atom. The lowest BCUT2D eigenvalue weighted by Crippen LogP contribution is -2.14. The van der Waals surface area contributed by atoms with Gasteiger partial charge in [-0.2, -0.15) is 0 Å². The van der Waals surface area contributed by atoms with Crippen LogP contribution in [0.4, 0.5) is 0 Å². The summed E-state index contributed by atoms with van der Waals surface area (Å²) in [6.07, 6.45) is 1.98. The van der Waals surface area contributed by atoms with Crippen LogP contribution in [0.5, 0.6) is 5.75 Å². The Morgan fingerprint density at radius 1 is 1.35 bits per heavy atom. The number of aromatic hydroxyl groups is 1. The topological polar surface area (TPSA) is 70.4 Å². The fourth-order valence-corrected chi connectivity index (χ4v) is 2.29. The highest BCUT2D eigenvalue weighted by Crippen LogP contribution is 2.24. The highest BCUT2D eigenvalue weighted by Gasteiger charge is 2.22. The van der Waals surface area contributed by atoms with Gasteiger partial charge in [0.25, 0.3) is 0 Å². The van der Waals surface area contributed by atoms with Gasteiger partial charge < -0.3 is 10.2 Å². The summed E-state index contributed by atoms with van der Waals surface area (Å²) in [5, 5.41) is 20.7. The average molecular weight is 249 g/mol. The number of aromatic nitrogens is 1. The minimum Gasteiger partial charge on any atom is -0.508 e. The van der Waals surface area contributed by atoms with Gasteiger partial charge in [-0.05, 0) is 24.1 Å². The van der Waals surface area contributed by atoms with Gasteiger partial charge in [0.2, 0.25) is 0 Å². The third-order valence-corrected chi connectivity index (χ3v) is 3.31. The van der Waals surface area contributed by atoms with Crippen LogP contribution < -0.4 is 0 Å². The predicted octanol–water partition coefficient (Wildman–Crippen LogP) is 2.26. The first-order chi connectivity index (χ1) is 8.16. The number of benzene rings is 1. The van der Waals surface area contributed by atoms with Crippen molar-refractivity contribution >= 4 is 17.3 Å². The van der Waals surface area contributed by atoms with Crippen molar-refractivity contribution in [1.82, 2.24) is 4.98 Å². The molecule has 5 heteroatoms. The van der Waals surface area contributed by atoms with Gasteiger partial charge in [-0.15, -0.1) is 11.3 Å². The Bertz CT molecular complexity index is 493. The summed E-state index contributed by atoms with van der Waals surface area (Å²) in [4.78, 5) is 15.2. The molecule has 2 N–H and O–H groups in total. The molecule has 1 unspecified atom stereocenters. The first-order valence-corrected chi connectivity index (χ1v) is 5.95. The molecule has 0 bridgehead atoms. The van der Waals surface area contributed by atoms with Crippen LogP contribution in [0.2, 0.25) is 0 Å². The van der Waals surface area contributed by atoms with Gasteiger partial charge in [0.1, 0.15) is 16.7 Å². The molecule has 0 aliphatic heterocycles. The second-order valence-electron chi connectivity index (χ2n) is 3.63. The summed E-state index contributed by atoms with van der Waals surface area (Å²) in [7, 11) is 0. The van der Waals surface area contributed by atoms with Crippen LogP contribution in [-0.2, 0) is 11.2 Å². The van der Waals surface area contributed by atoms with E-state index in [9.17, 15) is 9.90 Å². The van der Waals surface area contributed by atoms with Crippen LogP contribution in [0.3, 0.4) is 0 Å². The van der Waals surface area contributed by atoms with Gasteiger partial charge in [-0.3, -0.25) is 4.79 Å². The second-order valence-corrected chi connectivity index (χ2v) is 4.56. The number of hydrogen-bond acceptors (Lipinski definition) is 4. The van der Waals surface area contributed by atoms with E-state index in [1.807, 2.05) is 0 Å². The van der Waals surface area contributed by atoms with Crippen LogP contribution in [0.25, 0.3) is 0 Å². The van der Waals surface area contributed by atoms with Gasteiger partial charge in [-0.1, -0.05) is 12.1 Å². The summed E-state index contributed by atoms with van der Waals surface area (Å²) in [6.45, 7) is 0. The number of carboxylic acid groups (broad SMARTS) is 1. The number of carboxylic acids is 1. The van der Waals surface area contributed by atoms with Crippen molar-refractivity contribution in [2.24, 2.45) is 0 Å². The molecule has 0 fully saturated rings. The van der Waals surface area contributed by atoms with Crippen LogP contribution in [0.15, 0.2) is 35.8 Å². The molecule has 2 aromatic rings. The van der Waals surface area contributed by atoms with E-state index in [0.717, 1.165) is 5.56 Å². The lowest BCUT2D eigenvalue weighted by molar-refractivity contribution is -0.138. The molecule has 4 nitrogen and oxygen atoms in total. The van der Waals surface area contributed by atoms with Crippen molar-refractivity contribution in [2.75, 3.05) is 0 Å². The molecule has 2 rings (SSSR count). The molecule has 0 saturated heterocycles. The Kier molecular flexibility index (Phi) is 3.39. The molecule has 0 aliphatic carbocycles. The van der Waals surface area contributed by atoms with E-state index in [-0.39, 0.29) is 5.75 Å². The first kappa shape index (κ1) is 11.6. The predicted molar refractivity (Wildman–Crippen MR) is 64.3 cm³/mol. The largest absolute Gasteiger partial charge is 0.508 e. The molecule has 17 heavy (non-hydrogen) atoms. The minimum absolute atomic E-state index is 0.176. The normalized spacial score (nSPS) is 12.2. The van der Waals surface area contributed by atoms with Crippen LogP contribution in [0.1, 0.15) is 16.5 Å². The second kappa shape index (κ2) is 4.97. The third kappa shape index (κ3) is 2.82. The Labute approximate surface area is 102 Å². The van der Waals surface area contributed by atoms with E-state index in [1.165, 1.54) is 11.3 Å². The van der Waals surface area contributed by atoms with E-state index < -0.39 is 11.9 Å². The maximum Gasteiger partial charge on any atom is 0.313 e. The number of thiazole rings is 1. The van der Waals surface area contributed by atoms with Gasteiger partial charge in [0.15, 0.2) is 0 Å². The molecule has 1 atom stereocenters. The summed E-state index contributed by atoms with van der Waals surface area (Å²) < 4.78 is 0. The minimum atomic E-state index is -0.881. The van der Waals surface area contributed by atoms with Gasteiger partial charge >= 0.3 is 5.97 Å². The van der Waals surface area contributed by atoms with Crippen molar-refractivity contribution in [3.8, 4) is 5.75 Å². The number of aliphatic carboxylic acids is 1. The molecule has 0 radical (unpaired) electrons. The van der Waals surface area contributed by atoms with Crippen molar-refractivity contribution in [2.45, 2.75) is 12.3 Å². The zero-order chi connectivity index (χ0) is 12.3. The zero-order valence-corrected chi connectivity index (χ0v) is 9.72. The zero-order valence-electron chi connectivity index (χ0n) is 8.91. The van der Waals surface area contributed by atoms with Gasteiger partial charge in [-0.25, -0.2) is 4.98 Å². The monoisotopic (exact) mass is 249 g/mol. The lowest BCUT2D eigenvalue weighted by Gasteiger charge is -2.09. The summed E-state index contributed by atoms with van der Waals surface area (Å²) in [6, 6.07) is 6.55. The van der Waals surface area contributed by atoms with Gasteiger partial charge in [0, 0.05) is 11.6 Å². The van der Waals surface area contributed by atoms with Crippen molar-refractivity contribution in [3.05, 3.63) is 46.4 Å². The number of phenols is 1. The number of nitrogens with zero attached hydrogens (tertiary/aromatic N) is 1. The standard InChI is InChI=1S/C12H11NO3S/c14-9-3-1-8(2-4-9)7-10(12(15)16)11-13-5-6-17-11/h1-6,10,14H,7H2,(H,15,16). The highest BCUT2D eigenvalue weighted by molar-refractivity contribution is 7.09. The quantitative estimate of drug-likeness (QED) is 0.872. The summed E-state index contributed by atoms with van der Waals surface area (Å²) >= 11 is 1.34. The molecule has 1 aromatic heterocycles. The molecule has 0 amide bonds.